The molecule has 1 saturated heterocycles. The molecule has 0 radical (unpaired) electrons. The van der Waals surface area contributed by atoms with Crippen LogP contribution in [0.1, 0.15) is 37.1 Å². The van der Waals surface area contributed by atoms with E-state index >= 15 is 0 Å². The number of nitrogens with zero attached hydrogens (tertiary/aromatic N) is 4. The Hall–Kier alpha value is -0.231. The van der Waals surface area contributed by atoms with E-state index in [0.717, 1.165) is 37.6 Å². The summed E-state index contributed by atoms with van der Waals surface area (Å²) in [6.45, 7) is 4.02. The zero-order valence-corrected chi connectivity index (χ0v) is 15.7. The predicted octanol–water partition coefficient (Wildman–Crippen LogP) is 3.72. The van der Waals surface area contributed by atoms with Crippen LogP contribution in [0, 0.1) is 6.92 Å². The molecule has 1 aromatic heterocycles. The Morgan fingerprint density at radius 3 is 2.55 bits per heavy atom. The van der Waals surface area contributed by atoms with Crippen molar-refractivity contribution in [2.24, 2.45) is 5.10 Å². The molecule has 1 aliphatic heterocycles. The number of thiol groups is 1. The average Bonchev–Trinajstić information content (AvgIpc) is 2.77. The van der Waals surface area contributed by atoms with Gasteiger partial charge in [0.2, 0.25) is 0 Å². The Bertz CT molecular complexity index is 480. The molecule has 0 saturated carbocycles. The second-order valence-corrected chi connectivity index (χ2v) is 6.75. The molecular formula is C14H20Cl2CuN4S. The van der Waals surface area contributed by atoms with Crippen molar-refractivity contribution in [3.8, 4) is 0 Å². The second kappa shape index (κ2) is 12.2. The van der Waals surface area contributed by atoms with E-state index in [9.17, 15) is 0 Å². The van der Waals surface area contributed by atoms with E-state index < -0.39 is 0 Å². The maximum absolute atomic E-state index is 4.67. The Morgan fingerprint density at radius 2 is 1.95 bits per heavy atom. The number of rotatable bonds is 2. The number of halogens is 2. The Balaban J connectivity index is 0.000000745. The molecule has 0 unspecified atom stereocenters. The van der Waals surface area contributed by atoms with Gasteiger partial charge >= 0.3 is 33.3 Å². The molecule has 0 aromatic carbocycles. The minimum atomic E-state index is 0.700. The first-order chi connectivity index (χ1) is 10.7. The Labute approximate surface area is 152 Å². The number of likely N-dealkylation sites (tertiary alicyclic amines) is 1. The van der Waals surface area contributed by atoms with Crippen molar-refractivity contribution in [2.75, 3.05) is 13.1 Å². The topological polar surface area (TPSA) is 42.6 Å². The summed E-state index contributed by atoms with van der Waals surface area (Å²) < 4.78 is 0. The molecule has 0 aliphatic carbocycles. The predicted molar refractivity (Wildman–Crippen MR) is 95.4 cm³/mol. The third-order valence-electron chi connectivity index (χ3n) is 3.14. The van der Waals surface area contributed by atoms with Crippen LogP contribution in [0.2, 0.25) is 0 Å². The fourth-order valence-corrected chi connectivity index (χ4v) is 2.36. The maximum atomic E-state index is 4.67. The summed E-state index contributed by atoms with van der Waals surface area (Å²) in [7, 11) is 9.34. The first kappa shape index (κ1) is 19.8. The van der Waals surface area contributed by atoms with Crippen molar-refractivity contribution >= 4 is 43.7 Å². The quantitative estimate of drug-likeness (QED) is 0.186. The van der Waals surface area contributed by atoms with Crippen molar-refractivity contribution in [1.82, 2.24) is 9.88 Å². The van der Waals surface area contributed by atoms with Gasteiger partial charge in [0.15, 0.2) is 17.3 Å². The van der Waals surface area contributed by atoms with E-state index in [4.69, 9.17) is 0 Å². The van der Waals surface area contributed by atoms with Crippen molar-refractivity contribution in [2.45, 2.75) is 32.6 Å². The van der Waals surface area contributed by atoms with Gasteiger partial charge in [-0.1, -0.05) is 18.9 Å². The SMILES string of the molecule is Cc1cccc(C=N[N-]C(=[SH+])N2CCCCCC2)n1.[Cl][Cu][Cl]. The fourth-order valence-electron chi connectivity index (χ4n) is 2.11. The van der Waals surface area contributed by atoms with Crippen LogP contribution in [0.5, 0.6) is 0 Å². The molecule has 0 spiro atoms. The molecule has 1 aliphatic rings. The van der Waals surface area contributed by atoms with E-state index in [0.29, 0.717) is 5.11 Å². The molecule has 1 fully saturated rings. The van der Waals surface area contributed by atoms with Gasteiger partial charge in [0.25, 0.3) is 0 Å². The molecular weight excluding hydrogens is 391 g/mol. The first-order valence-electron chi connectivity index (χ1n) is 6.97. The zero-order valence-electron chi connectivity index (χ0n) is 12.3. The number of hydrogen-bond donors (Lipinski definition) is 0. The summed E-state index contributed by atoms with van der Waals surface area (Å²) in [6, 6.07) is 5.84. The number of aryl methyl sites for hydroxylation is 1. The monoisotopic (exact) mass is 409 g/mol. The van der Waals surface area contributed by atoms with Crippen molar-refractivity contribution in [1.29, 1.82) is 0 Å². The number of pyridine rings is 1. The molecule has 0 atom stereocenters. The van der Waals surface area contributed by atoms with Gasteiger partial charge < -0.3 is 10.5 Å². The molecule has 1 aromatic rings. The van der Waals surface area contributed by atoms with Crippen LogP contribution in [-0.4, -0.2) is 34.3 Å². The van der Waals surface area contributed by atoms with Gasteiger partial charge in [-0.2, -0.15) is 0 Å². The van der Waals surface area contributed by atoms with Crippen LogP contribution in [0.3, 0.4) is 0 Å². The van der Waals surface area contributed by atoms with Gasteiger partial charge in [-0.25, -0.2) is 4.90 Å². The summed E-state index contributed by atoms with van der Waals surface area (Å²) in [4.78, 5) is 6.53. The fraction of sp³-hybridized carbons (Fsp3) is 0.500. The molecule has 22 heavy (non-hydrogen) atoms. The molecule has 2 heterocycles. The molecule has 127 valence electrons. The van der Waals surface area contributed by atoms with Crippen molar-refractivity contribution in [3.63, 3.8) is 0 Å². The third kappa shape index (κ3) is 8.41. The summed E-state index contributed by atoms with van der Waals surface area (Å²) in [6.07, 6.45) is 6.69. The summed E-state index contributed by atoms with van der Waals surface area (Å²) in [5.41, 5.74) is 5.95. The van der Waals surface area contributed by atoms with E-state index in [-0.39, 0.29) is 0 Å². The Morgan fingerprint density at radius 1 is 1.32 bits per heavy atom. The summed E-state index contributed by atoms with van der Waals surface area (Å²) in [5.74, 6) is 0. The number of hydrogen-bond acceptors (Lipinski definition) is 2. The Kier molecular flexibility index (Phi) is 11.0. The summed E-state index contributed by atoms with van der Waals surface area (Å²) in [5, 5.41) is 4.77. The van der Waals surface area contributed by atoms with Gasteiger partial charge in [0.1, 0.15) is 0 Å². The average molecular weight is 411 g/mol. The molecule has 0 bridgehead atoms. The van der Waals surface area contributed by atoms with Crippen LogP contribution < -0.4 is 0 Å². The van der Waals surface area contributed by atoms with E-state index in [1.54, 1.807) is 6.21 Å². The molecule has 8 heteroatoms. The van der Waals surface area contributed by atoms with Gasteiger partial charge in [-0.05, 0) is 31.9 Å². The van der Waals surface area contributed by atoms with Gasteiger partial charge in [-0.3, -0.25) is 4.98 Å². The van der Waals surface area contributed by atoms with Crippen LogP contribution in [0.4, 0.5) is 0 Å². The van der Waals surface area contributed by atoms with Crippen LogP contribution >= 0.6 is 20.2 Å². The minimum absolute atomic E-state index is 0.700. The molecule has 2 rings (SSSR count). The van der Waals surface area contributed by atoms with Gasteiger partial charge in [0.05, 0.1) is 5.69 Å². The van der Waals surface area contributed by atoms with Gasteiger partial charge in [0, 0.05) is 25.0 Å². The number of aromatic nitrogens is 1. The summed E-state index contributed by atoms with van der Waals surface area (Å²) >= 11 is 5.19. The second-order valence-electron chi connectivity index (χ2n) is 4.79. The normalized spacial score (nSPS) is 16.0. The van der Waals surface area contributed by atoms with Crippen molar-refractivity contribution < 1.29 is 13.1 Å². The van der Waals surface area contributed by atoms with Crippen LogP contribution in [0.15, 0.2) is 23.3 Å². The van der Waals surface area contributed by atoms with E-state index in [1.807, 2.05) is 25.1 Å². The van der Waals surface area contributed by atoms with E-state index in [1.165, 1.54) is 25.7 Å². The first-order valence-corrected chi connectivity index (χ1v) is 10.0. The molecule has 4 nitrogen and oxygen atoms in total. The van der Waals surface area contributed by atoms with Crippen LogP contribution in [-0.2, 0) is 25.4 Å². The van der Waals surface area contributed by atoms with E-state index in [2.05, 4.69) is 52.8 Å². The standard InChI is InChI=1S/C14H20N4S.2ClH.Cu/c1-12-7-6-8-13(16-12)11-15-17-14(19)18-9-4-2-3-5-10-18;;;/h6-8,11H,2-5,9-10H2,1H3,(H,16,17,19);2*1H;/q;;;+2/p-2. The van der Waals surface area contributed by atoms with Crippen molar-refractivity contribution in [3.05, 3.63) is 35.0 Å². The zero-order chi connectivity index (χ0) is 16.2. The molecule has 0 N–H and O–H groups in total. The molecule has 0 amide bonds. The third-order valence-corrected chi connectivity index (χ3v) is 3.51. The van der Waals surface area contributed by atoms with Gasteiger partial charge in [-0.15, -0.1) is 0 Å². The van der Waals surface area contributed by atoms with Crippen LogP contribution in [0.25, 0.3) is 5.43 Å².